The average Bonchev–Trinajstić information content (AvgIpc) is 3.53. The first-order valence-electron chi connectivity index (χ1n) is 13.6. The van der Waals surface area contributed by atoms with E-state index in [1.165, 1.54) is 7.05 Å². The molecule has 12 nitrogen and oxygen atoms in total. The second-order valence-electron chi connectivity index (χ2n) is 10.4. The quantitative estimate of drug-likeness (QED) is 0.395. The van der Waals surface area contributed by atoms with Gasteiger partial charge in [0.2, 0.25) is 18.6 Å². The van der Waals surface area contributed by atoms with Gasteiger partial charge in [-0.2, -0.15) is 0 Å². The molecule has 0 saturated carbocycles. The van der Waals surface area contributed by atoms with Crippen LogP contribution in [0.15, 0.2) is 18.2 Å². The molecule has 4 rings (SSSR count). The lowest BCUT2D eigenvalue weighted by atomic mass is 9.84. The zero-order valence-electron chi connectivity index (χ0n) is 22.7. The van der Waals surface area contributed by atoms with Gasteiger partial charge in [-0.1, -0.05) is 19.4 Å². The molecule has 0 aromatic heterocycles. The number of carbonyl (C=O) groups excluding carboxylic acids is 3. The summed E-state index contributed by atoms with van der Waals surface area (Å²) in [7, 11) is 1.45. The van der Waals surface area contributed by atoms with Crippen molar-refractivity contribution in [1.29, 1.82) is 0 Å². The number of aliphatic carboxylic acids is 1. The number of benzene rings is 1. The van der Waals surface area contributed by atoms with Crippen LogP contribution in [0.1, 0.15) is 44.1 Å². The summed E-state index contributed by atoms with van der Waals surface area (Å²) in [5.41, 5.74) is 6.57. The number of rotatable bonds is 12. The highest BCUT2D eigenvalue weighted by Gasteiger charge is 2.47. The van der Waals surface area contributed by atoms with Crippen molar-refractivity contribution in [3.05, 3.63) is 23.8 Å². The van der Waals surface area contributed by atoms with Crippen molar-refractivity contribution in [2.75, 3.05) is 59.7 Å². The van der Waals surface area contributed by atoms with Gasteiger partial charge in [-0.05, 0) is 30.5 Å². The first-order valence-corrected chi connectivity index (χ1v) is 13.6. The van der Waals surface area contributed by atoms with E-state index >= 15 is 0 Å². The Kier molecular flexibility index (Phi) is 9.28. The van der Waals surface area contributed by atoms with Crippen molar-refractivity contribution in [1.82, 2.24) is 19.6 Å². The number of unbranched alkanes of at least 4 members (excludes halogenated alkanes) is 1. The van der Waals surface area contributed by atoms with Crippen LogP contribution in [0, 0.1) is 5.92 Å². The van der Waals surface area contributed by atoms with Gasteiger partial charge in [0.1, 0.15) is 0 Å². The lowest BCUT2D eigenvalue weighted by molar-refractivity contribution is -0.143. The Bertz CT molecular complexity index is 1080. The van der Waals surface area contributed by atoms with Crippen LogP contribution in [0.25, 0.3) is 0 Å². The number of likely N-dealkylation sites (tertiary alicyclic amines) is 1. The molecule has 3 atom stereocenters. The molecule has 0 aliphatic carbocycles. The summed E-state index contributed by atoms with van der Waals surface area (Å²) in [6.45, 7) is 4.56. The minimum absolute atomic E-state index is 0.0611. The number of nitrogens with two attached hydrogens (primary N) is 1. The third-order valence-corrected chi connectivity index (χ3v) is 7.95. The molecule has 0 spiro atoms. The summed E-state index contributed by atoms with van der Waals surface area (Å²) in [4.78, 5) is 57.1. The molecule has 2 fully saturated rings. The highest BCUT2D eigenvalue weighted by Crippen LogP contribution is 2.42. The number of carboxylic acids is 1. The molecule has 3 aliphatic heterocycles. The standard InChI is InChI=1S/C27H39N5O7/c1-3-4-10-30(13-9-28)24(34)16-32-15-19(18-5-6-21-22(14-18)39-17-38-21)25(26(35)36)20(32)7-11-31-12-8-23(33)29(2)27(31)37/h5-6,14,19-20,25H,3-4,7-13,15-17,28H2,1-2H3,(H,35,36)/t19-,20+,25-/m1/s1. The Labute approximate surface area is 228 Å². The van der Waals surface area contributed by atoms with Crippen LogP contribution in [0.3, 0.4) is 0 Å². The smallest absolute Gasteiger partial charge is 0.326 e. The molecule has 0 radical (unpaired) electrons. The van der Waals surface area contributed by atoms with E-state index in [0.29, 0.717) is 44.1 Å². The number of hydrogen-bond donors (Lipinski definition) is 2. The maximum atomic E-state index is 13.4. The van der Waals surface area contributed by atoms with Crippen LogP contribution in [-0.2, 0) is 14.4 Å². The van der Waals surface area contributed by atoms with E-state index in [0.717, 1.165) is 23.3 Å². The molecule has 3 N–H and O–H groups in total. The van der Waals surface area contributed by atoms with Crippen LogP contribution in [0.2, 0.25) is 0 Å². The lowest BCUT2D eigenvalue weighted by Gasteiger charge is -2.34. The van der Waals surface area contributed by atoms with Gasteiger partial charge in [0.15, 0.2) is 11.5 Å². The third kappa shape index (κ3) is 6.27. The number of carboxylic acid groups (broad SMARTS) is 1. The van der Waals surface area contributed by atoms with Crippen molar-refractivity contribution < 1.29 is 33.8 Å². The van der Waals surface area contributed by atoms with Gasteiger partial charge in [0.05, 0.1) is 12.5 Å². The number of hydrogen-bond acceptors (Lipinski definition) is 8. The monoisotopic (exact) mass is 545 g/mol. The first-order chi connectivity index (χ1) is 18.7. The van der Waals surface area contributed by atoms with E-state index in [1.807, 2.05) is 17.0 Å². The number of fused-ring (bicyclic) bond motifs is 1. The summed E-state index contributed by atoms with van der Waals surface area (Å²) in [6, 6.07) is 4.57. The van der Waals surface area contributed by atoms with E-state index in [1.54, 1.807) is 15.9 Å². The molecule has 4 amide bonds. The zero-order chi connectivity index (χ0) is 28.1. The summed E-state index contributed by atoms with van der Waals surface area (Å²) in [5, 5.41) is 10.4. The highest BCUT2D eigenvalue weighted by molar-refractivity contribution is 5.96. The van der Waals surface area contributed by atoms with Gasteiger partial charge in [0.25, 0.3) is 0 Å². The topological polar surface area (TPSA) is 146 Å². The normalized spacial score (nSPS) is 23.0. The van der Waals surface area contributed by atoms with Crippen molar-refractivity contribution in [3.8, 4) is 11.5 Å². The fraction of sp³-hybridized carbons (Fsp3) is 0.630. The SMILES string of the molecule is CCCCN(CCN)C(=O)CN1C[C@H](c2ccc3c(c2)OCO3)[C@@H](C(=O)O)[C@@H]1CCN1CCC(=O)N(C)C1=O. The van der Waals surface area contributed by atoms with E-state index in [4.69, 9.17) is 15.2 Å². The predicted octanol–water partition coefficient (Wildman–Crippen LogP) is 1.15. The minimum atomic E-state index is -0.959. The first kappa shape index (κ1) is 28.6. The fourth-order valence-corrected chi connectivity index (χ4v) is 5.78. The van der Waals surface area contributed by atoms with E-state index < -0.39 is 23.8 Å². The largest absolute Gasteiger partial charge is 0.481 e. The minimum Gasteiger partial charge on any atom is -0.481 e. The molecule has 12 heteroatoms. The van der Waals surface area contributed by atoms with Crippen LogP contribution in [0.5, 0.6) is 11.5 Å². The average molecular weight is 546 g/mol. The second kappa shape index (κ2) is 12.6. The van der Waals surface area contributed by atoms with E-state index in [2.05, 4.69) is 6.92 Å². The molecule has 1 aromatic carbocycles. The summed E-state index contributed by atoms with van der Waals surface area (Å²) in [6.07, 6.45) is 2.37. The van der Waals surface area contributed by atoms with Gasteiger partial charge >= 0.3 is 12.0 Å². The Morgan fingerprint density at radius 2 is 1.95 bits per heavy atom. The third-order valence-electron chi connectivity index (χ3n) is 7.95. The summed E-state index contributed by atoms with van der Waals surface area (Å²) < 4.78 is 11.0. The van der Waals surface area contributed by atoms with Crippen molar-refractivity contribution in [3.63, 3.8) is 0 Å². The molecular formula is C27H39N5O7. The van der Waals surface area contributed by atoms with Gasteiger partial charge < -0.3 is 30.1 Å². The molecular weight excluding hydrogens is 506 g/mol. The van der Waals surface area contributed by atoms with Crippen molar-refractivity contribution in [2.45, 2.75) is 44.6 Å². The van der Waals surface area contributed by atoms with Crippen molar-refractivity contribution >= 4 is 23.8 Å². The molecule has 214 valence electrons. The van der Waals surface area contributed by atoms with Crippen LogP contribution >= 0.6 is 0 Å². The molecule has 39 heavy (non-hydrogen) atoms. The number of imide groups is 1. The number of nitrogens with zero attached hydrogens (tertiary/aromatic N) is 4. The molecule has 3 heterocycles. The maximum Gasteiger partial charge on any atom is 0.326 e. The van der Waals surface area contributed by atoms with Crippen LogP contribution < -0.4 is 15.2 Å². The zero-order valence-corrected chi connectivity index (χ0v) is 22.7. The van der Waals surface area contributed by atoms with E-state index in [-0.39, 0.29) is 50.7 Å². The Hall–Kier alpha value is -3.38. The van der Waals surface area contributed by atoms with Crippen LogP contribution in [-0.4, -0.2) is 114 Å². The van der Waals surface area contributed by atoms with Gasteiger partial charge in [-0.3, -0.25) is 24.2 Å². The lowest BCUT2D eigenvalue weighted by Crippen LogP contribution is -2.52. The highest BCUT2D eigenvalue weighted by atomic mass is 16.7. The van der Waals surface area contributed by atoms with Gasteiger partial charge in [0, 0.05) is 64.7 Å². The Morgan fingerprint density at radius 3 is 2.67 bits per heavy atom. The molecule has 1 aromatic rings. The van der Waals surface area contributed by atoms with Crippen LogP contribution in [0.4, 0.5) is 4.79 Å². The number of amides is 4. The molecule has 3 aliphatic rings. The molecule has 2 saturated heterocycles. The number of carbonyl (C=O) groups is 4. The predicted molar refractivity (Wildman–Crippen MR) is 141 cm³/mol. The van der Waals surface area contributed by atoms with Gasteiger partial charge in [-0.15, -0.1) is 0 Å². The summed E-state index contributed by atoms with van der Waals surface area (Å²) >= 11 is 0. The van der Waals surface area contributed by atoms with E-state index in [9.17, 15) is 24.3 Å². The van der Waals surface area contributed by atoms with Gasteiger partial charge in [-0.25, -0.2) is 4.79 Å². The Balaban J connectivity index is 1.58. The number of ether oxygens (including phenoxy) is 2. The molecule has 0 bridgehead atoms. The second-order valence-corrected chi connectivity index (χ2v) is 10.4. The molecule has 0 unspecified atom stereocenters. The number of urea groups is 1. The summed E-state index contributed by atoms with van der Waals surface area (Å²) in [5.74, 6) is -1.30. The fourth-order valence-electron chi connectivity index (χ4n) is 5.78. The van der Waals surface area contributed by atoms with Crippen molar-refractivity contribution in [2.24, 2.45) is 11.7 Å². The maximum absolute atomic E-state index is 13.4. The Morgan fingerprint density at radius 1 is 1.18 bits per heavy atom.